The third-order valence-corrected chi connectivity index (χ3v) is 4.00. The fourth-order valence-corrected chi connectivity index (χ4v) is 2.44. The molecule has 1 unspecified atom stereocenters. The van der Waals surface area contributed by atoms with Crippen molar-refractivity contribution in [2.45, 2.75) is 20.4 Å². The molecule has 0 spiro atoms. The fraction of sp³-hybridized carbons (Fsp3) is 0.250. The number of imidazole rings is 1. The molecule has 1 atom stereocenters. The van der Waals surface area contributed by atoms with Crippen molar-refractivity contribution >= 4 is 28.4 Å². The summed E-state index contributed by atoms with van der Waals surface area (Å²) in [5.74, 6) is 0.926. The molecule has 5 nitrogen and oxygen atoms in total. The van der Waals surface area contributed by atoms with Crippen molar-refractivity contribution in [1.29, 1.82) is 0 Å². The summed E-state index contributed by atoms with van der Waals surface area (Å²) in [6.07, 6.45) is 5.37. The smallest absolute Gasteiger partial charge is 0.160 e. The summed E-state index contributed by atoms with van der Waals surface area (Å²) in [6.45, 7) is 4.67. The van der Waals surface area contributed by atoms with Gasteiger partial charge in [-0.1, -0.05) is 19.1 Å². The Morgan fingerprint density at radius 1 is 1.36 bits per heavy atom. The number of rotatable bonds is 4. The van der Waals surface area contributed by atoms with E-state index in [1.807, 2.05) is 38.2 Å². The number of fused-ring (bicyclic) bond motifs is 1. The van der Waals surface area contributed by atoms with E-state index in [9.17, 15) is 0 Å². The quantitative estimate of drug-likeness (QED) is 0.750. The molecule has 0 amide bonds. The van der Waals surface area contributed by atoms with E-state index in [2.05, 4.69) is 14.5 Å². The fourth-order valence-electron chi connectivity index (χ4n) is 2.37. The summed E-state index contributed by atoms with van der Waals surface area (Å²) in [6, 6.07) is 5.92. The van der Waals surface area contributed by atoms with Crippen LogP contribution in [0.3, 0.4) is 0 Å². The highest BCUT2D eigenvalue weighted by molar-refractivity contribution is 7.80. The largest absolute Gasteiger partial charge is 0.393 e. The number of thiocarbonyl (C=S) groups is 1. The minimum absolute atomic E-state index is 0.0658. The van der Waals surface area contributed by atoms with Crippen LogP contribution >= 0.6 is 12.2 Å². The molecule has 2 N–H and O–H groups in total. The van der Waals surface area contributed by atoms with Crippen molar-refractivity contribution in [1.82, 2.24) is 19.5 Å². The molecule has 0 saturated heterocycles. The van der Waals surface area contributed by atoms with Crippen LogP contribution in [0.4, 0.5) is 0 Å². The number of hydrogen-bond donors (Lipinski definition) is 1. The zero-order chi connectivity index (χ0) is 15.7. The number of aryl methyl sites for hydroxylation is 1. The van der Waals surface area contributed by atoms with Gasteiger partial charge < -0.3 is 10.3 Å². The van der Waals surface area contributed by atoms with Crippen LogP contribution < -0.4 is 5.73 Å². The standard InChI is InChI=1S/C16H17N5S/c1-10-7-13-16(19-8-10)21(9-11(2)14(17)22)15(20-13)12-3-5-18-6-4-12/h3-8,11H,9H2,1-2H3,(H2,17,22). The minimum atomic E-state index is 0.0658. The third kappa shape index (κ3) is 2.69. The molecular formula is C16H17N5S. The van der Waals surface area contributed by atoms with Gasteiger partial charge in [-0.3, -0.25) is 4.98 Å². The molecule has 0 aromatic carbocycles. The van der Waals surface area contributed by atoms with Crippen LogP contribution in [-0.2, 0) is 6.54 Å². The maximum absolute atomic E-state index is 5.78. The highest BCUT2D eigenvalue weighted by Gasteiger charge is 2.17. The van der Waals surface area contributed by atoms with E-state index in [-0.39, 0.29) is 5.92 Å². The lowest BCUT2D eigenvalue weighted by atomic mass is 10.1. The molecule has 0 aliphatic rings. The third-order valence-electron chi connectivity index (χ3n) is 3.60. The van der Waals surface area contributed by atoms with E-state index in [4.69, 9.17) is 22.9 Å². The van der Waals surface area contributed by atoms with Gasteiger partial charge in [0.1, 0.15) is 11.3 Å². The van der Waals surface area contributed by atoms with E-state index in [0.29, 0.717) is 11.5 Å². The molecule has 0 aliphatic carbocycles. The number of aromatic nitrogens is 4. The lowest BCUT2D eigenvalue weighted by Gasteiger charge is -2.13. The second kappa shape index (κ2) is 5.81. The number of nitrogens with zero attached hydrogens (tertiary/aromatic N) is 4. The number of nitrogens with two attached hydrogens (primary N) is 1. The predicted molar refractivity (Wildman–Crippen MR) is 91.4 cm³/mol. The van der Waals surface area contributed by atoms with E-state index >= 15 is 0 Å². The Morgan fingerprint density at radius 3 is 2.77 bits per heavy atom. The Bertz CT molecular complexity index is 825. The van der Waals surface area contributed by atoms with Gasteiger partial charge in [-0.15, -0.1) is 0 Å². The zero-order valence-corrected chi connectivity index (χ0v) is 13.3. The molecule has 0 aliphatic heterocycles. The van der Waals surface area contributed by atoms with Gasteiger partial charge in [0.25, 0.3) is 0 Å². The van der Waals surface area contributed by atoms with Crippen molar-refractivity contribution in [3.8, 4) is 11.4 Å². The van der Waals surface area contributed by atoms with Gasteiger partial charge >= 0.3 is 0 Å². The summed E-state index contributed by atoms with van der Waals surface area (Å²) < 4.78 is 2.08. The molecule has 0 fully saturated rings. The first kappa shape index (κ1) is 14.6. The van der Waals surface area contributed by atoms with Crippen molar-refractivity contribution in [3.05, 3.63) is 42.4 Å². The summed E-state index contributed by atoms with van der Waals surface area (Å²) in [5, 5.41) is 0. The molecule has 3 rings (SSSR count). The lowest BCUT2D eigenvalue weighted by Crippen LogP contribution is -2.23. The Balaban J connectivity index is 2.19. The van der Waals surface area contributed by atoms with Crippen molar-refractivity contribution in [2.24, 2.45) is 11.7 Å². The van der Waals surface area contributed by atoms with Gasteiger partial charge in [-0.05, 0) is 30.7 Å². The van der Waals surface area contributed by atoms with E-state index in [1.165, 1.54) is 0 Å². The topological polar surface area (TPSA) is 69.6 Å². The maximum atomic E-state index is 5.78. The van der Waals surface area contributed by atoms with Crippen LogP contribution in [0.15, 0.2) is 36.8 Å². The second-order valence-corrected chi connectivity index (χ2v) is 5.91. The van der Waals surface area contributed by atoms with E-state index in [0.717, 1.165) is 28.1 Å². The second-order valence-electron chi connectivity index (χ2n) is 5.44. The lowest BCUT2D eigenvalue weighted by molar-refractivity contribution is 0.614. The van der Waals surface area contributed by atoms with Crippen molar-refractivity contribution < 1.29 is 0 Å². The average Bonchev–Trinajstić information content (AvgIpc) is 2.85. The Morgan fingerprint density at radius 2 is 2.09 bits per heavy atom. The van der Waals surface area contributed by atoms with Gasteiger partial charge in [0.15, 0.2) is 5.65 Å². The first-order valence-electron chi connectivity index (χ1n) is 7.09. The molecule has 6 heteroatoms. The SMILES string of the molecule is Cc1cnc2c(c1)nc(-c1ccncc1)n2CC(C)C(N)=S. The molecule has 3 aromatic heterocycles. The van der Waals surface area contributed by atoms with Gasteiger partial charge in [-0.2, -0.15) is 0 Å². The summed E-state index contributed by atoms with van der Waals surface area (Å²) >= 11 is 5.11. The predicted octanol–water partition coefficient (Wildman–Crippen LogP) is 2.72. The van der Waals surface area contributed by atoms with Crippen LogP contribution in [0, 0.1) is 12.8 Å². The average molecular weight is 311 g/mol. The van der Waals surface area contributed by atoms with Gasteiger partial charge in [0.05, 0.1) is 4.99 Å². The minimum Gasteiger partial charge on any atom is -0.393 e. The first-order chi connectivity index (χ1) is 10.6. The highest BCUT2D eigenvalue weighted by atomic mass is 32.1. The summed E-state index contributed by atoms with van der Waals surface area (Å²) in [4.78, 5) is 13.8. The van der Waals surface area contributed by atoms with Gasteiger partial charge in [0.2, 0.25) is 0 Å². The molecule has 112 valence electrons. The summed E-state index contributed by atoms with van der Waals surface area (Å²) in [5.41, 5.74) is 9.59. The zero-order valence-electron chi connectivity index (χ0n) is 12.5. The normalized spacial score (nSPS) is 12.5. The molecule has 3 aromatic rings. The summed E-state index contributed by atoms with van der Waals surface area (Å²) in [7, 11) is 0. The maximum Gasteiger partial charge on any atom is 0.160 e. The first-order valence-corrected chi connectivity index (χ1v) is 7.49. The molecule has 3 heterocycles. The molecular weight excluding hydrogens is 294 g/mol. The van der Waals surface area contributed by atoms with Gasteiger partial charge in [-0.25, -0.2) is 9.97 Å². The molecule has 0 bridgehead atoms. The Labute approximate surface area is 134 Å². The van der Waals surface area contributed by atoms with Crippen LogP contribution in [-0.4, -0.2) is 24.5 Å². The highest BCUT2D eigenvalue weighted by Crippen LogP contribution is 2.25. The monoisotopic (exact) mass is 311 g/mol. The Hall–Kier alpha value is -2.34. The Kier molecular flexibility index (Phi) is 3.85. The van der Waals surface area contributed by atoms with Crippen molar-refractivity contribution in [2.75, 3.05) is 0 Å². The van der Waals surface area contributed by atoms with Crippen LogP contribution in [0.5, 0.6) is 0 Å². The number of hydrogen-bond acceptors (Lipinski definition) is 4. The molecule has 22 heavy (non-hydrogen) atoms. The van der Waals surface area contributed by atoms with Crippen LogP contribution in [0.2, 0.25) is 0 Å². The van der Waals surface area contributed by atoms with Crippen molar-refractivity contribution in [3.63, 3.8) is 0 Å². The molecule has 0 saturated carbocycles. The molecule has 0 radical (unpaired) electrons. The van der Waals surface area contributed by atoms with E-state index in [1.54, 1.807) is 12.4 Å². The number of pyridine rings is 2. The van der Waals surface area contributed by atoms with E-state index < -0.39 is 0 Å². The van der Waals surface area contributed by atoms with Crippen LogP contribution in [0.25, 0.3) is 22.6 Å². The van der Waals surface area contributed by atoms with Crippen LogP contribution in [0.1, 0.15) is 12.5 Å². The van der Waals surface area contributed by atoms with Gasteiger partial charge in [0, 0.05) is 36.6 Å².